The standard InChI is InChI=1S/C27H29F4N7O3/c1-4-20(39)36-12-13-37(16(2)14-36)23-21-22(33-26(34-23)41-15-17-8-7-11-35(17)3)24(40)38(25(32-21)27(29,30)31)19-10-6-5-9-18(19)28/h4-6,9-10,16-17H,1,7-8,11-15H2,2-3H3/t16-,17-/m0/s1. The molecule has 0 N–H and O–H groups in total. The molecule has 2 saturated heterocycles. The fourth-order valence-electron chi connectivity index (χ4n) is 5.31. The molecule has 0 spiro atoms. The first-order chi connectivity index (χ1) is 19.5. The maximum atomic E-state index is 14.7. The van der Waals surface area contributed by atoms with Gasteiger partial charge in [0.1, 0.15) is 17.9 Å². The lowest BCUT2D eigenvalue weighted by atomic mass is 10.1. The molecule has 5 rings (SSSR count). The van der Waals surface area contributed by atoms with Gasteiger partial charge in [-0.15, -0.1) is 0 Å². The van der Waals surface area contributed by atoms with Gasteiger partial charge in [0.05, 0.1) is 5.69 Å². The Kier molecular flexibility index (Phi) is 7.68. The Balaban J connectivity index is 1.69. The number of ether oxygens (including phenoxy) is 1. The Labute approximate surface area is 232 Å². The van der Waals surface area contributed by atoms with Crippen molar-refractivity contribution < 1.29 is 27.1 Å². The summed E-state index contributed by atoms with van der Waals surface area (Å²) in [5.74, 6) is -2.96. The molecule has 2 fully saturated rings. The molecule has 2 aliphatic rings. The van der Waals surface area contributed by atoms with Crippen molar-refractivity contribution in [2.24, 2.45) is 0 Å². The fraction of sp³-hybridized carbons (Fsp3) is 0.444. The number of piperazine rings is 1. The first kappa shape index (κ1) is 28.5. The summed E-state index contributed by atoms with van der Waals surface area (Å²) in [5.41, 5.74) is -2.67. The van der Waals surface area contributed by atoms with E-state index < -0.39 is 46.1 Å². The summed E-state index contributed by atoms with van der Waals surface area (Å²) in [6.07, 6.45) is -2.06. The van der Waals surface area contributed by atoms with Crippen LogP contribution in [0, 0.1) is 5.82 Å². The van der Waals surface area contributed by atoms with E-state index in [1.807, 2.05) is 7.05 Å². The van der Waals surface area contributed by atoms with E-state index in [0.717, 1.165) is 31.5 Å². The average molecular weight is 576 g/mol. The van der Waals surface area contributed by atoms with Crippen molar-refractivity contribution in [3.05, 3.63) is 58.9 Å². The molecule has 3 aromatic rings. The lowest BCUT2D eigenvalue weighted by Gasteiger charge is -2.40. The van der Waals surface area contributed by atoms with Crippen molar-refractivity contribution in [1.29, 1.82) is 0 Å². The summed E-state index contributed by atoms with van der Waals surface area (Å²) in [6.45, 7) is 7.03. The number of benzene rings is 1. The number of likely N-dealkylation sites (tertiary alicyclic amines) is 1. The number of hydrogen-bond donors (Lipinski definition) is 0. The molecule has 0 aliphatic carbocycles. The first-order valence-electron chi connectivity index (χ1n) is 13.2. The number of aromatic nitrogens is 4. The highest BCUT2D eigenvalue weighted by molar-refractivity contribution is 5.88. The van der Waals surface area contributed by atoms with E-state index in [1.54, 1.807) is 16.7 Å². The largest absolute Gasteiger partial charge is 0.462 e. The van der Waals surface area contributed by atoms with Crippen LogP contribution in [-0.2, 0) is 11.0 Å². The zero-order valence-corrected chi connectivity index (χ0v) is 22.6. The van der Waals surface area contributed by atoms with Crippen LogP contribution in [0.1, 0.15) is 25.6 Å². The number of para-hydroxylation sites is 1. The number of alkyl halides is 3. The summed E-state index contributed by atoms with van der Waals surface area (Å²) < 4.78 is 63.8. The van der Waals surface area contributed by atoms with Crippen LogP contribution >= 0.6 is 0 Å². The van der Waals surface area contributed by atoms with Gasteiger partial charge in [-0.2, -0.15) is 23.1 Å². The Hall–Kier alpha value is -4.07. The number of nitrogens with zero attached hydrogens (tertiary/aromatic N) is 7. The highest BCUT2D eigenvalue weighted by atomic mass is 19.4. The molecular formula is C27H29F4N7O3. The number of likely N-dealkylation sites (N-methyl/N-ethyl adjacent to an activating group) is 1. The van der Waals surface area contributed by atoms with Crippen LogP contribution in [0.15, 0.2) is 41.7 Å². The van der Waals surface area contributed by atoms with E-state index in [1.165, 1.54) is 18.2 Å². The van der Waals surface area contributed by atoms with Gasteiger partial charge in [0.2, 0.25) is 11.7 Å². The number of carbonyl (C=O) groups excluding carboxylic acids is 1. The fourth-order valence-corrected chi connectivity index (χ4v) is 5.31. The number of fused-ring (bicyclic) bond motifs is 1. The van der Waals surface area contributed by atoms with E-state index >= 15 is 0 Å². The first-order valence-corrected chi connectivity index (χ1v) is 13.2. The summed E-state index contributed by atoms with van der Waals surface area (Å²) >= 11 is 0. The van der Waals surface area contributed by atoms with Crippen molar-refractivity contribution in [2.45, 2.75) is 38.0 Å². The monoisotopic (exact) mass is 575 g/mol. The minimum atomic E-state index is -5.12. The summed E-state index contributed by atoms with van der Waals surface area (Å²) in [6, 6.07) is 4.09. The molecule has 10 nitrogen and oxygen atoms in total. The van der Waals surface area contributed by atoms with E-state index in [4.69, 9.17) is 4.74 Å². The van der Waals surface area contributed by atoms with Crippen LogP contribution in [-0.4, -0.2) is 87.1 Å². The van der Waals surface area contributed by atoms with Crippen LogP contribution in [0.2, 0.25) is 0 Å². The Morgan fingerprint density at radius 1 is 1.15 bits per heavy atom. The molecular weight excluding hydrogens is 546 g/mol. The molecule has 2 aliphatic heterocycles. The number of rotatable bonds is 6. The van der Waals surface area contributed by atoms with Gasteiger partial charge >= 0.3 is 12.2 Å². The topological polar surface area (TPSA) is 96.7 Å². The second-order valence-corrected chi connectivity index (χ2v) is 10.2. The highest BCUT2D eigenvalue weighted by Crippen LogP contribution is 2.33. The second kappa shape index (κ2) is 11.1. The van der Waals surface area contributed by atoms with Crippen molar-refractivity contribution >= 4 is 22.8 Å². The Morgan fingerprint density at radius 3 is 2.54 bits per heavy atom. The summed E-state index contributed by atoms with van der Waals surface area (Å²) in [4.78, 5) is 43.7. The molecule has 2 aromatic heterocycles. The number of halogens is 4. The summed E-state index contributed by atoms with van der Waals surface area (Å²) in [7, 11) is 1.95. The van der Waals surface area contributed by atoms with Gasteiger partial charge in [0.25, 0.3) is 5.56 Å². The maximum absolute atomic E-state index is 14.7. The molecule has 1 aromatic carbocycles. The number of anilines is 1. The lowest BCUT2D eigenvalue weighted by molar-refractivity contribution is -0.146. The molecule has 0 radical (unpaired) electrons. The van der Waals surface area contributed by atoms with Gasteiger partial charge in [0, 0.05) is 31.7 Å². The Morgan fingerprint density at radius 2 is 1.90 bits per heavy atom. The minimum absolute atomic E-state index is 0.0359. The SMILES string of the molecule is C=CC(=O)N1CCN(c2nc(OC[C@@H]3CCCN3C)nc3c(=O)n(-c4ccccc4F)c(C(F)(F)F)nc23)[C@@H](C)C1. The number of carbonyl (C=O) groups is 1. The van der Waals surface area contributed by atoms with Gasteiger partial charge in [-0.3, -0.25) is 14.2 Å². The molecule has 1 amide bonds. The van der Waals surface area contributed by atoms with Crippen LogP contribution in [0.25, 0.3) is 16.7 Å². The predicted octanol–water partition coefficient (Wildman–Crippen LogP) is 3.03. The molecule has 41 heavy (non-hydrogen) atoms. The zero-order valence-electron chi connectivity index (χ0n) is 22.6. The van der Waals surface area contributed by atoms with Crippen LogP contribution in [0.4, 0.5) is 23.4 Å². The summed E-state index contributed by atoms with van der Waals surface area (Å²) in [5, 5.41) is 0. The Bertz CT molecular complexity index is 1540. The third-order valence-electron chi connectivity index (χ3n) is 7.49. The van der Waals surface area contributed by atoms with Gasteiger partial charge in [-0.25, -0.2) is 9.37 Å². The van der Waals surface area contributed by atoms with Crippen LogP contribution in [0.3, 0.4) is 0 Å². The predicted molar refractivity (Wildman–Crippen MR) is 143 cm³/mol. The van der Waals surface area contributed by atoms with E-state index in [0.29, 0.717) is 0 Å². The maximum Gasteiger partial charge on any atom is 0.450 e. The van der Waals surface area contributed by atoms with E-state index in [-0.39, 0.29) is 54.6 Å². The lowest BCUT2D eigenvalue weighted by Crippen LogP contribution is -2.53. The van der Waals surface area contributed by atoms with Crippen molar-refractivity contribution in [2.75, 3.05) is 44.7 Å². The van der Waals surface area contributed by atoms with Gasteiger partial charge < -0.3 is 19.4 Å². The third-order valence-corrected chi connectivity index (χ3v) is 7.49. The molecule has 0 saturated carbocycles. The van der Waals surface area contributed by atoms with Gasteiger partial charge in [-0.1, -0.05) is 18.7 Å². The molecule has 218 valence electrons. The van der Waals surface area contributed by atoms with E-state index in [9.17, 15) is 27.2 Å². The molecule has 0 unspecified atom stereocenters. The van der Waals surface area contributed by atoms with Crippen LogP contribution in [0.5, 0.6) is 6.01 Å². The van der Waals surface area contributed by atoms with Gasteiger partial charge in [-0.05, 0) is 51.6 Å². The van der Waals surface area contributed by atoms with Crippen molar-refractivity contribution in [3.8, 4) is 11.7 Å². The minimum Gasteiger partial charge on any atom is -0.462 e. The van der Waals surface area contributed by atoms with Gasteiger partial charge in [0.15, 0.2) is 11.3 Å². The third kappa shape index (κ3) is 5.47. The highest BCUT2D eigenvalue weighted by Gasteiger charge is 2.40. The average Bonchev–Trinajstić information content (AvgIpc) is 3.35. The van der Waals surface area contributed by atoms with Crippen molar-refractivity contribution in [3.63, 3.8) is 0 Å². The van der Waals surface area contributed by atoms with Crippen molar-refractivity contribution in [1.82, 2.24) is 29.3 Å². The quantitative estimate of drug-likeness (QED) is 0.327. The smallest absolute Gasteiger partial charge is 0.450 e. The zero-order chi connectivity index (χ0) is 29.5. The number of hydrogen-bond acceptors (Lipinski definition) is 8. The van der Waals surface area contributed by atoms with Crippen LogP contribution < -0.4 is 15.2 Å². The molecule has 2 atom stereocenters. The number of amides is 1. The molecule has 4 heterocycles. The van der Waals surface area contributed by atoms with E-state index in [2.05, 4.69) is 26.4 Å². The molecule has 0 bridgehead atoms. The molecule has 14 heteroatoms. The second-order valence-electron chi connectivity index (χ2n) is 10.2. The normalized spacial score (nSPS) is 20.0.